The quantitative estimate of drug-likeness (QED) is 0.148. The van der Waals surface area contributed by atoms with Crippen LogP contribution in [0.25, 0.3) is 311 Å². The number of hydrogen-bond acceptors (Lipinski definition) is 8. The van der Waals surface area contributed by atoms with E-state index in [0.717, 1.165) is 128 Å². The Hall–Kier alpha value is -18.3. The highest BCUT2D eigenvalue weighted by molar-refractivity contribution is 7.26. The predicted molar refractivity (Wildman–Crippen MR) is 592 cm³/mol. The number of benzene rings is 22. The van der Waals surface area contributed by atoms with Crippen LogP contribution in [0.2, 0.25) is 0 Å². The van der Waals surface area contributed by atoms with E-state index in [1.165, 1.54) is 183 Å². The Morgan fingerprint density at radius 3 is 0.929 bits per heavy atom. The molecule has 8 heterocycles. The number of fused-ring (bicyclic) bond motifs is 17. The van der Waals surface area contributed by atoms with E-state index >= 15 is 0 Å². The van der Waals surface area contributed by atoms with Gasteiger partial charge in [0.15, 0.2) is 17.5 Å². The topological polar surface area (TPSA) is 92.1 Å². The second-order valence-corrected chi connectivity index (χ2v) is 39.3. The normalized spacial score (nSPS) is 12.3. The summed E-state index contributed by atoms with van der Waals surface area (Å²) in [6.45, 7) is 0. The van der Waals surface area contributed by atoms with Crippen molar-refractivity contribution < 1.29 is 0 Å². The second-order valence-electron chi connectivity index (χ2n) is 37.2. The Kier molecular flexibility index (Phi) is 16.7. The fourth-order valence-corrected chi connectivity index (χ4v) is 26.1. The van der Waals surface area contributed by atoms with Gasteiger partial charge in [-0.2, -0.15) is 0 Å². The zero-order valence-electron chi connectivity index (χ0n) is 75.5. The van der Waals surface area contributed by atoms with Crippen LogP contribution in [0.4, 0.5) is 0 Å². The molecule has 30 aromatic rings. The van der Waals surface area contributed by atoms with E-state index in [9.17, 15) is 0 Å². The van der Waals surface area contributed by atoms with Crippen molar-refractivity contribution in [3.05, 3.63) is 443 Å². The molecule has 0 bridgehead atoms. The largest absolute Gasteiger partial charge is 0.292 e. The zero-order valence-corrected chi connectivity index (χ0v) is 77.1. The first kappa shape index (κ1) is 78.0. The molecule has 0 spiro atoms. The highest BCUT2D eigenvalue weighted by Gasteiger charge is 2.33. The Bertz CT molecular complexity index is 10500. The Morgan fingerprint density at radius 2 is 0.468 bits per heavy atom. The van der Waals surface area contributed by atoms with Crippen molar-refractivity contribution in [2.75, 3.05) is 0 Å². The third-order valence-corrected chi connectivity index (χ3v) is 32.1. The van der Waals surface area contributed by atoms with Gasteiger partial charge < -0.3 is 0 Å². The molecular weight excluding hydrogens is 1750 g/mol. The van der Waals surface area contributed by atoms with Crippen molar-refractivity contribution >= 4 is 205 Å². The third kappa shape index (κ3) is 11.4. The lowest BCUT2D eigenvalue weighted by atomic mass is 9.93. The molecule has 0 atom stereocenters. The predicted octanol–water partition coefficient (Wildman–Crippen LogP) is 35.1. The molecule has 0 fully saturated rings. The molecule has 3 aliphatic rings. The summed E-state index contributed by atoms with van der Waals surface area (Å²) in [5, 5.41) is 22.7. The van der Waals surface area contributed by atoms with Gasteiger partial charge in [-0.25, -0.2) is 29.9 Å². The van der Waals surface area contributed by atoms with E-state index in [1.54, 1.807) is 0 Å². The first-order valence-electron chi connectivity index (χ1n) is 48.0. The maximum Gasteiger partial charge on any atom is 0.165 e. The van der Waals surface area contributed by atoms with Crippen molar-refractivity contribution in [3.8, 4) is 129 Å². The minimum absolute atomic E-state index is 0.830. The standard InChI is InChI=1S/C46H27N3.2C42H23N3S/c1-2-10-28(11-3-1)29-22-24-32(25-23-29)44-46(47-38-27-26-30-12-4-5-15-33(30)45(38)48-44)49-39-20-8-18-36-34-16-6-13-31-14-7-17-35(41(31)34)37-19-9-21-40(49)43(37)42(36)39;1-4-23-36-25(12-1)30-17-7-18-31(41(30)46-36)40-42(44-33-20-3-2-19-32(33)43-40)45-34-21-8-15-28-26-13-5-10-24-11-6-14-27(37(24)26)29-16-9-22-35(45)39(29)38(28)34;1-4-20-36-26(11-1)27-22-21-25(23-37(27)46-36)41-42(44-33-17-3-2-16-32(33)43-41)45-34-18-7-14-30-28-12-5-9-24-10-6-13-29(38(24)28)31-15-8-19-35(45)40(31)39(30)34/h1-27H;2*1-23H. The molecule has 141 heavy (non-hydrogen) atoms. The van der Waals surface area contributed by atoms with Gasteiger partial charge in [0.25, 0.3) is 0 Å². The molecule has 3 aliphatic carbocycles. The van der Waals surface area contributed by atoms with Crippen LogP contribution in [0.1, 0.15) is 0 Å². The van der Waals surface area contributed by atoms with E-state index in [4.69, 9.17) is 29.9 Å². The third-order valence-electron chi connectivity index (χ3n) is 29.8. The van der Waals surface area contributed by atoms with Crippen LogP contribution in [-0.4, -0.2) is 43.6 Å². The maximum absolute atomic E-state index is 5.51. The van der Waals surface area contributed by atoms with E-state index in [1.807, 2.05) is 46.9 Å². The van der Waals surface area contributed by atoms with Crippen LogP contribution < -0.4 is 0 Å². The first-order chi connectivity index (χ1) is 70.0. The van der Waals surface area contributed by atoms with E-state index in [-0.39, 0.29) is 0 Å². The zero-order chi connectivity index (χ0) is 91.9. The minimum Gasteiger partial charge on any atom is -0.292 e. The highest BCUT2D eigenvalue weighted by atomic mass is 32.1. The summed E-state index contributed by atoms with van der Waals surface area (Å²) in [5.41, 5.74) is 35.5. The molecule has 0 N–H and O–H groups in total. The Morgan fingerprint density at radius 1 is 0.163 bits per heavy atom. The average Bonchev–Trinajstić information content (AvgIpc) is 1.55. The van der Waals surface area contributed by atoms with Crippen molar-refractivity contribution in [3.63, 3.8) is 0 Å². The van der Waals surface area contributed by atoms with Gasteiger partial charge in [0.1, 0.15) is 17.1 Å². The smallest absolute Gasteiger partial charge is 0.165 e. The average molecular weight is 1830 g/mol. The van der Waals surface area contributed by atoms with Gasteiger partial charge >= 0.3 is 0 Å². The van der Waals surface area contributed by atoms with Crippen molar-refractivity contribution in [1.29, 1.82) is 0 Å². The molecular formula is C130H73N9S2. The van der Waals surface area contributed by atoms with Crippen LogP contribution in [-0.2, 0) is 0 Å². The van der Waals surface area contributed by atoms with Gasteiger partial charge in [-0.3, -0.25) is 13.7 Å². The fourth-order valence-electron chi connectivity index (χ4n) is 23.8. The molecule has 8 aromatic heterocycles. The van der Waals surface area contributed by atoms with Gasteiger partial charge in [-0.1, -0.05) is 358 Å². The summed E-state index contributed by atoms with van der Waals surface area (Å²) in [5.74, 6) is 2.53. The summed E-state index contributed by atoms with van der Waals surface area (Å²) in [7, 11) is 0. The van der Waals surface area contributed by atoms with E-state index < -0.39 is 0 Å². The van der Waals surface area contributed by atoms with Gasteiger partial charge in [-0.05, 0) is 201 Å². The lowest BCUT2D eigenvalue weighted by molar-refractivity contribution is 1.08. The molecule has 9 nitrogen and oxygen atoms in total. The lowest BCUT2D eigenvalue weighted by Crippen LogP contribution is -2.04. The maximum atomic E-state index is 5.51. The van der Waals surface area contributed by atoms with E-state index in [2.05, 4.69) is 432 Å². The van der Waals surface area contributed by atoms with E-state index in [0.29, 0.717) is 0 Å². The number of rotatable bonds is 7. The minimum atomic E-state index is 0.830. The molecule has 0 saturated carbocycles. The number of hydrogen-bond donors (Lipinski definition) is 0. The molecule has 0 aliphatic heterocycles. The fraction of sp³-hybridized carbons (Fsp3) is 0. The van der Waals surface area contributed by atoms with Crippen molar-refractivity contribution in [1.82, 2.24) is 43.6 Å². The van der Waals surface area contributed by atoms with Gasteiger partial charge in [0.2, 0.25) is 0 Å². The molecule has 11 heteroatoms. The monoisotopic (exact) mass is 1820 g/mol. The molecule has 0 amide bonds. The number of nitrogens with zero attached hydrogens (tertiary/aromatic N) is 9. The molecule has 22 aromatic carbocycles. The van der Waals surface area contributed by atoms with Gasteiger partial charge in [0.05, 0.1) is 66.2 Å². The summed E-state index contributed by atoms with van der Waals surface area (Å²) in [4.78, 5) is 32.6. The second kappa shape index (κ2) is 30.1. The van der Waals surface area contributed by atoms with Crippen LogP contribution in [0.3, 0.4) is 0 Å². The van der Waals surface area contributed by atoms with Crippen LogP contribution in [0, 0.1) is 0 Å². The van der Waals surface area contributed by atoms with Crippen LogP contribution in [0.5, 0.6) is 0 Å². The molecule has 0 unspecified atom stereocenters. The highest BCUT2D eigenvalue weighted by Crippen LogP contribution is 2.56. The number of aromatic nitrogens is 9. The van der Waals surface area contributed by atoms with Gasteiger partial charge in [0, 0.05) is 94.7 Å². The number of para-hydroxylation sites is 4. The van der Waals surface area contributed by atoms with Gasteiger partial charge in [-0.15, -0.1) is 22.7 Å². The van der Waals surface area contributed by atoms with Crippen LogP contribution in [0.15, 0.2) is 443 Å². The molecule has 650 valence electrons. The number of thiophene rings is 2. The van der Waals surface area contributed by atoms with Crippen molar-refractivity contribution in [2.45, 2.75) is 0 Å². The summed E-state index contributed by atoms with van der Waals surface area (Å²) < 4.78 is 12.1. The summed E-state index contributed by atoms with van der Waals surface area (Å²) in [6, 6.07) is 160. The lowest BCUT2D eigenvalue weighted by Gasteiger charge is -2.16. The molecule has 33 rings (SSSR count). The summed E-state index contributed by atoms with van der Waals surface area (Å²) >= 11 is 3.66. The van der Waals surface area contributed by atoms with Crippen LogP contribution >= 0.6 is 22.7 Å². The molecule has 0 radical (unpaired) electrons. The summed E-state index contributed by atoms with van der Waals surface area (Å²) in [6.07, 6.45) is 0. The van der Waals surface area contributed by atoms with Crippen molar-refractivity contribution in [2.24, 2.45) is 0 Å². The Labute approximate surface area is 814 Å². The Balaban J connectivity index is 0.0000000973. The molecule has 0 saturated heterocycles. The SMILES string of the molecule is c1cc2c3c(cccc3c1)-c1cccc3c1c1c-2cccc1n3-c1nc2ccccc2nc1-c1ccc2c(c1)sc1ccccc12.c1cc2c3c(cccc3c1)-c1cccc3c1c1c-2cccc1n3-c1nc2ccccc2nc1-c1cccc2c1sc1ccccc12.c1ccc(-c2ccc(-c3nc4c(ccc5ccccc54)nc3-n3c4cccc5c4c4c(cccc43)-c3cccc4cccc-5c34)cc2)cc1. The first-order valence-corrected chi connectivity index (χ1v) is 49.6.